The van der Waals surface area contributed by atoms with Crippen LogP contribution in [0.25, 0.3) is 0 Å². The van der Waals surface area contributed by atoms with Crippen LogP contribution in [0.1, 0.15) is 21.5 Å². The summed E-state index contributed by atoms with van der Waals surface area (Å²) in [4.78, 5) is 12.4. The second-order valence-electron chi connectivity index (χ2n) is 4.60. The first-order valence-electron chi connectivity index (χ1n) is 6.01. The standard InChI is InChI=1S/C15H14BrIN2O/c1-8-6-14(9(2)5-13(8)18)19-15(20)11-7-10(16)3-4-12(11)17/h3-7H,18H2,1-2H3,(H,19,20). The summed E-state index contributed by atoms with van der Waals surface area (Å²) in [6.07, 6.45) is 0. The number of nitrogens with two attached hydrogens (primary N) is 1. The first-order chi connectivity index (χ1) is 9.38. The van der Waals surface area contributed by atoms with Crippen LogP contribution in [-0.4, -0.2) is 5.91 Å². The molecule has 0 atom stereocenters. The molecular weight excluding hydrogens is 431 g/mol. The number of carbonyl (C=O) groups excluding carboxylic acids is 1. The number of amides is 1. The Morgan fingerprint density at radius 1 is 1.20 bits per heavy atom. The summed E-state index contributed by atoms with van der Waals surface area (Å²) in [7, 11) is 0. The van der Waals surface area contributed by atoms with E-state index in [1.165, 1.54) is 0 Å². The largest absolute Gasteiger partial charge is 0.399 e. The summed E-state index contributed by atoms with van der Waals surface area (Å²) in [6, 6.07) is 9.40. The lowest BCUT2D eigenvalue weighted by Gasteiger charge is -2.12. The molecule has 0 spiro atoms. The van der Waals surface area contributed by atoms with Gasteiger partial charge in [0.1, 0.15) is 0 Å². The van der Waals surface area contributed by atoms with Crippen LogP contribution in [0.3, 0.4) is 0 Å². The molecule has 2 aromatic rings. The van der Waals surface area contributed by atoms with Crippen molar-refractivity contribution in [3.63, 3.8) is 0 Å². The van der Waals surface area contributed by atoms with Crippen LogP contribution in [-0.2, 0) is 0 Å². The predicted octanol–water partition coefficient (Wildman–Crippen LogP) is 4.51. The Morgan fingerprint density at radius 2 is 1.90 bits per heavy atom. The lowest BCUT2D eigenvalue weighted by molar-refractivity contribution is 0.102. The van der Waals surface area contributed by atoms with Gasteiger partial charge in [0, 0.05) is 19.4 Å². The first kappa shape index (κ1) is 15.3. The number of aryl methyl sites for hydroxylation is 2. The fourth-order valence-electron chi connectivity index (χ4n) is 1.83. The third-order valence-electron chi connectivity index (χ3n) is 3.03. The molecule has 3 nitrogen and oxygen atoms in total. The van der Waals surface area contributed by atoms with E-state index in [9.17, 15) is 4.79 Å². The normalized spacial score (nSPS) is 10.4. The van der Waals surface area contributed by atoms with Crippen LogP contribution in [0.5, 0.6) is 0 Å². The Bertz CT molecular complexity index is 686. The van der Waals surface area contributed by atoms with Gasteiger partial charge in [-0.25, -0.2) is 0 Å². The van der Waals surface area contributed by atoms with Crippen LogP contribution in [0.15, 0.2) is 34.8 Å². The summed E-state index contributed by atoms with van der Waals surface area (Å²) in [6.45, 7) is 3.85. The quantitative estimate of drug-likeness (QED) is 0.529. The summed E-state index contributed by atoms with van der Waals surface area (Å²) in [5.41, 5.74) is 9.93. The molecule has 0 heterocycles. The van der Waals surface area contributed by atoms with Crippen molar-refractivity contribution in [3.05, 3.63) is 55.1 Å². The van der Waals surface area contributed by atoms with Crippen molar-refractivity contribution in [1.29, 1.82) is 0 Å². The molecule has 0 unspecified atom stereocenters. The first-order valence-corrected chi connectivity index (χ1v) is 7.89. The zero-order chi connectivity index (χ0) is 14.9. The van der Waals surface area contributed by atoms with Gasteiger partial charge in [0.25, 0.3) is 5.91 Å². The molecule has 104 valence electrons. The number of hydrogen-bond acceptors (Lipinski definition) is 2. The lowest BCUT2D eigenvalue weighted by Crippen LogP contribution is -2.14. The molecule has 0 aliphatic rings. The van der Waals surface area contributed by atoms with E-state index in [0.717, 1.165) is 30.5 Å². The van der Waals surface area contributed by atoms with Gasteiger partial charge < -0.3 is 11.1 Å². The maximum atomic E-state index is 12.4. The highest BCUT2D eigenvalue weighted by Crippen LogP contribution is 2.24. The number of benzene rings is 2. The molecule has 0 aliphatic carbocycles. The highest BCUT2D eigenvalue weighted by Gasteiger charge is 2.12. The molecule has 2 aromatic carbocycles. The minimum Gasteiger partial charge on any atom is -0.399 e. The molecule has 0 aromatic heterocycles. The second-order valence-corrected chi connectivity index (χ2v) is 6.68. The van der Waals surface area contributed by atoms with Gasteiger partial charge in [-0.1, -0.05) is 15.9 Å². The average Bonchev–Trinajstić information content (AvgIpc) is 2.38. The summed E-state index contributed by atoms with van der Waals surface area (Å²) < 4.78 is 1.79. The number of rotatable bonds is 2. The summed E-state index contributed by atoms with van der Waals surface area (Å²) >= 11 is 5.54. The number of hydrogen-bond donors (Lipinski definition) is 2. The Hall–Kier alpha value is -1.08. The fourth-order valence-corrected chi connectivity index (χ4v) is 2.78. The van der Waals surface area contributed by atoms with Gasteiger partial charge in [-0.15, -0.1) is 0 Å². The molecule has 0 bridgehead atoms. The summed E-state index contributed by atoms with van der Waals surface area (Å²) in [5, 5.41) is 2.94. The van der Waals surface area contributed by atoms with Crippen molar-refractivity contribution in [2.24, 2.45) is 0 Å². The van der Waals surface area contributed by atoms with Gasteiger partial charge in [0.2, 0.25) is 0 Å². The maximum absolute atomic E-state index is 12.4. The Kier molecular flexibility index (Phi) is 4.70. The minimum atomic E-state index is -0.122. The molecule has 20 heavy (non-hydrogen) atoms. The molecular formula is C15H14BrIN2O. The third kappa shape index (κ3) is 3.32. The average molecular weight is 445 g/mol. The topological polar surface area (TPSA) is 55.1 Å². The van der Waals surface area contributed by atoms with Crippen LogP contribution in [0.2, 0.25) is 0 Å². The van der Waals surface area contributed by atoms with Gasteiger partial charge in [-0.05, 0) is 77.9 Å². The zero-order valence-corrected chi connectivity index (χ0v) is 14.9. The third-order valence-corrected chi connectivity index (χ3v) is 4.47. The minimum absolute atomic E-state index is 0.122. The smallest absolute Gasteiger partial charge is 0.256 e. The predicted molar refractivity (Wildman–Crippen MR) is 95.1 cm³/mol. The fraction of sp³-hybridized carbons (Fsp3) is 0.133. The second kappa shape index (κ2) is 6.13. The number of anilines is 2. The molecule has 5 heteroatoms. The Morgan fingerprint density at radius 3 is 2.60 bits per heavy atom. The molecule has 0 radical (unpaired) electrons. The van der Waals surface area contributed by atoms with E-state index in [1.54, 1.807) is 0 Å². The van der Waals surface area contributed by atoms with Gasteiger partial charge in [-0.3, -0.25) is 4.79 Å². The zero-order valence-electron chi connectivity index (χ0n) is 11.1. The van der Waals surface area contributed by atoms with Gasteiger partial charge >= 0.3 is 0 Å². The van der Waals surface area contributed by atoms with Gasteiger partial charge in [0.15, 0.2) is 0 Å². The molecule has 1 amide bonds. The lowest BCUT2D eigenvalue weighted by atomic mass is 10.1. The number of nitrogens with one attached hydrogen (secondary N) is 1. The van der Waals surface area contributed by atoms with Crippen LogP contribution < -0.4 is 11.1 Å². The number of carbonyl (C=O) groups is 1. The highest BCUT2D eigenvalue weighted by molar-refractivity contribution is 14.1. The van der Waals surface area contributed by atoms with Crippen molar-refractivity contribution in [2.45, 2.75) is 13.8 Å². The van der Waals surface area contributed by atoms with Crippen molar-refractivity contribution in [1.82, 2.24) is 0 Å². The van der Waals surface area contributed by atoms with Crippen molar-refractivity contribution in [2.75, 3.05) is 11.1 Å². The Balaban J connectivity index is 2.32. The van der Waals surface area contributed by atoms with E-state index in [0.29, 0.717) is 5.56 Å². The van der Waals surface area contributed by atoms with Gasteiger partial charge in [0.05, 0.1) is 5.56 Å². The van der Waals surface area contributed by atoms with E-state index in [1.807, 2.05) is 44.2 Å². The van der Waals surface area contributed by atoms with Crippen molar-refractivity contribution in [3.8, 4) is 0 Å². The van der Waals surface area contributed by atoms with Crippen LogP contribution in [0, 0.1) is 17.4 Å². The van der Waals surface area contributed by atoms with Crippen LogP contribution >= 0.6 is 38.5 Å². The monoisotopic (exact) mass is 444 g/mol. The van der Waals surface area contributed by atoms with E-state index in [4.69, 9.17) is 5.73 Å². The van der Waals surface area contributed by atoms with Crippen LogP contribution in [0.4, 0.5) is 11.4 Å². The van der Waals surface area contributed by atoms with Crippen molar-refractivity contribution < 1.29 is 4.79 Å². The maximum Gasteiger partial charge on any atom is 0.256 e. The molecule has 0 aliphatic heterocycles. The molecule has 0 saturated heterocycles. The molecule has 0 saturated carbocycles. The highest BCUT2D eigenvalue weighted by atomic mass is 127. The summed E-state index contributed by atoms with van der Waals surface area (Å²) in [5.74, 6) is -0.122. The number of halogens is 2. The SMILES string of the molecule is Cc1cc(NC(=O)c2cc(Br)ccc2I)c(C)cc1N. The van der Waals surface area contributed by atoms with Crippen molar-refractivity contribution >= 4 is 55.8 Å². The molecule has 2 rings (SSSR count). The van der Waals surface area contributed by atoms with E-state index in [-0.39, 0.29) is 5.91 Å². The van der Waals surface area contributed by atoms with E-state index < -0.39 is 0 Å². The number of nitrogen functional groups attached to an aromatic ring is 1. The van der Waals surface area contributed by atoms with Gasteiger partial charge in [-0.2, -0.15) is 0 Å². The van der Waals surface area contributed by atoms with E-state index >= 15 is 0 Å². The molecule has 3 N–H and O–H groups in total. The van der Waals surface area contributed by atoms with E-state index in [2.05, 4.69) is 43.8 Å². The molecule has 0 fully saturated rings. The Labute approximate surface area is 140 Å².